The van der Waals surface area contributed by atoms with Crippen LogP contribution in [0, 0.1) is 28.6 Å². The summed E-state index contributed by atoms with van der Waals surface area (Å²) in [7, 11) is 4.13. The second-order valence-corrected chi connectivity index (χ2v) is 15.1. The van der Waals surface area contributed by atoms with Gasteiger partial charge in [0.1, 0.15) is 6.10 Å². The number of esters is 1. The van der Waals surface area contributed by atoms with Crippen molar-refractivity contribution in [2.24, 2.45) is 28.6 Å². The van der Waals surface area contributed by atoms with Gasteiger partial charge in [0.25, 0.3) is 0 Å². The van der Waals surface area contributed by atoms with Gasteiger partial charge in [-0.05, 0) is 99.8 Å². The number of rotatable bonds is 3. The number of carbonyl (C=O) groups is 2. The molecule has 9 nitrogen and oxygen atoms in total. The molecule has 1 saturated heterocycles. The fraction of sp³-hybridized carbons (Fsp3) is 0.794. The average molecular weight is 598 g/mol. The van der Waals surface area contributed by atoms with Crippen molar-refractivity contribution in [1.29, 1.82) is 0 Å². The third-order valence-corrected chi connectivity index (χ3v) is 13.1. The van der Waals surface area contributed by atoms with Crippen molar-refractivity contribution in [3.8, 4) is 0 Å². The standard InChI is InChI=1S/C34H51N3O6/c1-22(38)43-28-20-34(41)27-9-8-24-19-25(36(5)31(40)37-16-6-15-35(4)17-18-37)11-13-32(24,2)26(27)12-14-33(34,3)30(28)23-7-10-29(39)42-21-23/h7,10,21,24-28,30,41H,6,8-9,11-20H2,1-5H3/t24-,25+,26+,27-,28+,30+,32+,33-,34+/m1/s1. The molecule has 1 aliphatic heterocycles. The average Bonchev–Trinajstić information content (AvgIpc) is 3.06. The maximum Gasteiger partial charge on any atom is 0.335 e. The molecule has 9 heteroatoms. The van der Waals surface area contributed by atoms with E-state index in [9.17, 15) is 19.5 Å². The van der Waals surface area contributed by atoms with E-state index < -0.39 is 22.7 Å². The molecule has 1 N–H and O–H groups in total. The van der Waals surface area contributed by atoms with Gasteiger partial charge in [-0.3, -0.25) is 4.79 Å². The van der Waals surface area contributed by atoms with Crippen molar-refractivity contribution in [2.75, 3.05) is 40.3 Å². The molecule has 5 aliphatic rings. The molecule has 6 rings (SSSR count). The molecular weight excluding hydrogens is 546 g/mol. The van der Waals surface area contributed by atoms with E-state index in [0.29, 0.717) is 18.3 Å². The largest absolute Gasteiger partial charge is 0.462 e. The lowest BCUT2D eigenvalue weighted by Crippen LogP contribution is -2.62. The molecule has 0 spiro atoms. The van der Waals surface area contributed by atoms with Gasteiger partial charge in [0.15, 0.2) is 0 Å². The molecule has 4 aliphatic carbocycles. The number of likely N-dealkylation sites (N-methyl/N-ethyl adjacent to an activating group) is 1. The maximum absolute atomic E-state index is 13.5. The van der Waals surface area contributed by atoms with Gasteiger partial charge in [0, 0.05) is 63.5 Å². The van der Waals surface area contributed by atoms with Gasteiger partial charge in [-0.25, -0.2) is 9.59 Å². The summed E-state index contributed by atoms with van der Waals surface area (Å²) in [5, 5.41) is 12.8. The van der Waals surface area contributed by atoms with Gasteiger partial charge in [-0.2, -0.15) is 0 Å². The van der Waals surface area contributed by atoms with Crippen LogP contribution < -0.4 is 5.63 Å². The molecule has 0 radical (unpaired) electrons. The summed E-state index contributed by atoms with van der Waals surface area (Å²) in [6.45, 7) is 9.62. The third-order valence-electron chi connectivity index (χ3n) is 13.1. The van der Waals surface area contributed by atoms with Gasteiger partial charge in [-0.15, -0.1) is 0 Å². The predicted octanol–water partition coefficient (Wildman–Crippen LogP) is 4.48. The van der Waals surface area contributed by atoms with Crippen LogP contribution in [-0.2, 0) is 9.53 Å². The number of ether oxygens (including phenoxy) is 1. The minimum atomic E-state index is -0.992. The number of fused-ring (bicyclic) bond motifs is 5. The van der Waals surface area contributed by atoms with Gasteiger partial charge < -0.3 is 29.0 Å². The van der Waals surface area contributed by atoms with E-state index in [4.69, 9.17) is 9.15 Å². The highest BCUT2D eigenvalue weighted by Gasteiger charge is 2.70. The van der Waals surface area contributed by atoms with Crippen molar-refractivity contribution in [1.82, 2.24) is 14.7 Å². The lowest BCUT2D eigenvalue weighted by atomic mass is 9.43. The zero-order valence-electron chi connectivity index (χ0n) is 26.7. The van der Waals surface area contributed by atoms with Crippen LogP contribution in [0.1, 0.15) is 90.0 Å². The first kappa shape index (κ1) is 30.6. The van der Waals surface area contributed by atoms with Gasteiger partial charge in [-0.1, -0.05) is 13.8 Å². The van der Waals surface area contributed by atoms with Crippen LogP contribution in [0.5, 0.6) is 0 Å². The van der Waals surface area contributed by atoms with E-state index in [0.717, 1.165) is 83.1 Å². The van der Waals surface area contributed by atoms with Crippen molar-refractivity contribution in [2.45, 2.75) is 102 Å². The first-order valence-electron chi connectivity index (χ1n) is 16.6. The monoisotopic (exact) mass is 597 g/mol. The van der Waals surface area contributed by atoms with Crippen molar-refractivity contribution >= 4 is 12.0 Å². The number of aliphatic hydroxyl groups is 1. The van der Waals surface area contributed by atoms with Crippen LogP contribution in [0.3, 0.4) is 0 Å². The predicted molar refractivity (Wildman–Crippen MR) is 162 cm³/mol. The van der Waals surface area contributed by atoms with Crippen LogP contribution in [-0.4, -0.2) is 89.8 Å². The summed E-state index contributed by atoms with van der Waals surface area (Å²) in [6, 6.07) is 3.61. The number of amides is 2. The Hall–Kier alpha value is -2.39. The Morgan fingerprint density at radius 1 is 1.05 bits per heavy atom. The molecule has 1 aromatic heterocycles. The second-order valence-electron chi connectivity index (χ2n) is 15.1. The molecule has 5 fully saturated rings. The number of hydrogen-bond acceptors (Lipinski definition) is 7. The Labute approximate surface area is 255 Å². The van der Waals surface area contributed by atoms with Crippen molar-refractivity contribution in [3.05, 3.63) is 34.4 Å². The summed E-state index contributed by atoms with van der Waals surface area (Å²) in [5.41, 5.74) is -1.01. The van der Waals surface area contributed by atoms with Crippen LogP contribution in [0.15, 0.2) is 27.6 Å². The quantitative estimate of drug-likeness (QED) is 0.513. The maximum atomic E-state index is 13.5. The lowest BCUT2D eigenvalue weighted by molar-refractivity contribution is -0.203. The molecule has 0 bridgehead atoms. The molecule has 0 aromatic carbocycles. The fourth-order valence-electron chi connectivity index (χ4n) is 10.6. The van der Waals surface area contributed by atoms with Gasteiger partial charge in [0.2, 0.25) is 0 Å². The molecule has 238 valence electrons. The Balaban J connectivity index is 1.21. The van der Waals surface area contributed by atoms with E-state index in [-0.39, 0.29) is 35.3 Å². The SMILES string of the molecule is CC(=O)O[C@H]1C[C@]2(O)[C@@H]3CC[C@@H]4C[C@@H](N(C)C(=O)N5CCCN(C)CC5)CC[C@]4(C)[C@H]3CC[C@]2(C)[C@H]1c1ccc(=O)oc1. The van der Waals surface area contributed by atoms with Crippen LogP contribution in [0.25, 0.3) is 0 Å². The Kier molecular flexibility index (Phi) is 7.98. The molecule has 4 saturated carbocycles. The summed E-state index contributed by atoms with van der Waals surface area (Å²) >= 11 is 0. The zero-order valence-corrected chi connectivity index (χ0v) is 26.7. The highest BCUT2D eigenvalue weighted by Crippen LogP contribution is 2.71. The zero-order chi connectivity index (χ0) is 30.7. The summed E-state index contributed by atoms with van der Waals surface area (Å²) in [5.74, 6) is 0.394. The van der Waals surface area contributed by atoms with E-state index in [1.54, 1.807) is 6.07 Å². The first-order chi connectivity index (χ1) is 20.4. The molecular formula is C34H51N3O6. The number of nitrogens with zero attached hydrogens (tertiary/aromatic N) is 3. The molecule has 43 heavy (non-hydrogen) atoms. The van der Waals surface area contributed by atoms with Crippen LogP contribution >= 0.6 is 0 Å². The third kappa shape index (κ3) is 5.02. The normalized spacial score (nSPS) is 41.4. The second kappa shape index (κ2) is 11.2. The highest BCUT2D eigenvalue weighted by atomic mass is 16.5. The number of carbonyl (C=O) groups excluding carboxylic acids is 2. The van der Waals surface area contributed by atoms with Crippen molar-refractivity contribution in [3.63, 3.8) is 0 Å². The summed E-state index contributed by atoms with van der Waals surface area (Å²) in [6.07, 6.45) is 9.30. The van der Waals surface area contributed by atoms with E-state index >= 15 is 0 Å². The number of urea groups is 1. The minimum absolute atomic E-state index is 0.0975. The highest BCUT2D eigenvalue weighted by molar-refractivity contribution is 5.74. The molecule has 2 amide bonds. The van der Waals surface area contributed by atoms with E-state index in [1.807, 2.05) is 16.8 Å². The molecule has 9 atom stereocenters. The fourth-order valence-corrected chi connectivity index (χ4v) is 10.6. The van der Waals surface area contributed by atoms with Crippen molar-refractivity contribution < 1.29 is 23.8 Å². The topological polar surface area (TPSA) is 104 Å². The first-order valence-corrected chi connectivity index (χ1v) is 16.6. The smallest absolute Gasteiger partial charge is 0.335 e. The number of hydrogen-bond donors (Lipinski definition) is 1. The Morgan fingerprint density at radius 2 is 1.84 bits per heavy atom. The molecule has 1 aromatic rings. The summed E-state index contributed by atoms with van der Waals surface area (Å²) in [4.78, 5) is 43.9. The van der Waals surface area contributed by atoms with Crippen LogP contribution in [0.4, 0.5) is 4.79 Å². The lowest BCUT2D eigenvalue weighted by Gasteiger charge is -2.64. The Bertz CT molecular complexity index is 1260. The van der Waals surface area contributed by atoms with E-state index in [1.165, 1.54) is 19.3 Å². The molecule has 2 heterocycles. The van der Waals surface area contributed by atoms with Crippen LogP contribution in [0.2, 0.25) is 0 Å². The molecule has 0 unspecified atom stereocenters. The minimum Gasteiger partial charge on any atom is -0.462 e. The van der Waals surface area contributed by atoms with E-state index in [2.05, 4.69) is 25.8 Å². The summed E-state index contributed by atoms with van der Waals surface area (Å²) < 4.78 is 11.2. The van der Waals surface area contributed by atoms with Gasteiger partial charge in [0.05, 0.1) is 11.9 Å². The van der Waals surface area contributed by atoms with Gasteiger partial charge >= 0.3 is 17.6 Å². The Morgan fingerprint density at radius 3 is 2.56 bits per heavy atom.